The molecule has 134 valence electrons. The monoisotopic (exact) mass is 392 g/mol. The van der Waals surface area contributed by atoms with Crippen molar-refractivity contribution in [3.8, 4) is 5.13 Å². The average Bonchev–Trinajstić information content (AvgIpc) is 3.20. The van der Waals surface area contributed by atoms with Crippen LogP contribution in [0.1, 0.15) is 12.6 Å². The van der Waals surface area contributed by atoms with Crippen molar-refractivity contribution in [1.29, 1.82) is 0 Å². The third-order valence-corrected chi connectivity index (χ3v) is 5.34. The zero-order valence-electron chi connectivity index (χ0n) is 15.4. The van der Waals surface area contributed by atoms with Crippen LogP contribution in [0.25, 0.3) is 26.3 Å². The van der Waals surface area contributed by atoms with Crippen molar-refractivity contribution in [3.63, 3.8) is 0 Å². The molecule has 0 aliphatic carbocycles. The van der Waals surface area contributed by atoms with Crippen molar-refractivity contribution in [1.82, 2.24) is 19.3 Å². The fourth-order valence-electron chi connectivity index (χ4n) is 3.13. The van der Waals surface area contributed by atoms with Gasteiger partial charge in [0.1, 0.15) is 0 Å². The number of nitrogens with zero attached hydrogens (tertiary/aromatic N) is 4. The number of hydrogen-bond acceptors (Lipinski definition) is 5. The Bertz CT molecular complexity index is 1190. The van der Waals surface area contributed by atoms with Gasteiger partial charge in [-0.3, -0.25) is 9.59 Å². The Balaban J connectivity index is 0.00000210. The fraction of sp³-hybridized carbons (Fsp3) is 0.278. The number of hydrogen-bond donors (Lipinski definition) is 0. The Hall–Kier alpha value is -1.71. The SMILES string of the molecule is CCc1c2c(=O)n(-c3nc4ccccc4s3)[n-]c2cc(=O)n1CCOC.[Na+]. The molecule has 0 unspecified atom stereocenters. The molecule has 0 bridgehead atoms. The molecule has 9 heteroatoms. The smallest absolute Gasteiger partial charge is 0.585 e. The normalized spacial score (nSPS) is 11.2. The third-order valence-electron chi connectivity index (χ3n) is 4.33. The number of para-hydroxylation sites is 1. The first-order valence-electron chi connectivity index (χ1n) is 8.31. The Kier molecular flexibility index (Phi) is 6.02. The summed E-state index contributed by atoms with van der Waals surface area (Å²) in [5.74, 6) is 0. The number of rotatable bonds is 5. The number of ether oxygens (including phenoxy) is 1. The van der Waals surface area contributed by atoms with Crippen molar-refractivity contribution < 1.29 is 34.3 Å². The number of fused-ring (bicyclic) bond motifs is 2. The molecule has 4 aromatic rings. The summed E-state index contributed by atoms with van der Waals surface area (Å²) in [6, 6.07) is 9.10. The minimum absolute atomic E-state index is 0. The molecule has 7 nitrogen and oxygen atoms in total. The van der Waals surface area contributed by atoms with E-state index >= 15 is 0 Å². The number of benzene rings is 1. The molecule has 0 aliphatic heterocycles. The maximum Gasteiger partial charge on any atom is 1.00 e. The van der Waals surface area contributed by atoms with Crippen LogP contribution >= 0.6 is 11.3 Å². The molecule has 0 saturated carbocycles. The summed E-state index contributed by atoms with van der Waals surface area (Å²) in [6.07, 6.45) is 0.553. The van der Waals surface area contributed by atoms with Crippen LogP contribution in [-0.2, 0) is 17.7 Å². The van der Waals surface area contributed by atoms with Crippen LogP contribution in [-0.4, -0.2) is 27.9 Å². The van der Waals surface area contributed by atoms with Crippen molar-refractivity contribution in [2.45, 2.75) is 19.9 Å². The van der Waals surface area contributed by atoms with Gasteiger partial charge in [0.25, 0.3) is 0 Å². The number of methoxy groups -OCH3 is 1. The molecule has 1 aromatic carbocycles. The van der Waals surface area contributed by atoms with Crippen molar-refractivity contribution in [3.05, 3.63) is 56.7 Å². The van der Waals surface area contributed by atoms with Crippen LogP contribution in [0.3, 0.4) is 0 Å². The van der Waals surface area contributed by atoms with E-state index < -0.39 is 0 Å². The molecule has 0 amide bonds. The van der Waals surface area contributed by atoms with Crippen molar-refractivity contribution >= 4 is 32.5 Å². The van der Waals surface area contributed by atoms with Gasteiger partial charge >= 0.3 is 29.6 Å². The molecule has 0 radical (unpaired) electrons. The van der Waals surface area contributed by atoms with E-state index in [4.69, 9.17) is 4.74 Å². The molecular weight excluding hydrogens is 375 g/mol. The molecule has 0 saturated heterocycles. The fourth-order valence-corrected chi connectivity index (χ4v) is 4.05. The van der Waals surface area contributed by atoms with Crippen LogP contribution in [0.15, 0.2) is 39.9 Å². The van der Waals surface area contributed by atoms with E-state index in [0.29, 0.717) is 41.3 Å². The van der Waals surface area contributed by atoms with E-state index in [0.717, 1.165) is 10.2 Å². The quantitative estimate of drug-likeness (QED) is 0.404. The van der Waals surface area contributed by atoms with Crippen LogP contribution in [0.2, 0.25) is 0 Å². The number of aromatic nitrogens is 4. The summed E-state index contributed by atoms with van der Waals surface area (Å²) in [7, 11) is 1.58. The van der Waals surface area contributed by atoms with E-state index in [-0.39, 0.29) is 40.7 Å². The molecule has 3 aromatic heterocycles. The minimum Gasteiger partial charge on any atom is -0.585 e. The van der Waals surface area contributed by atoms with E-state index in [2.05, 4.69) is 10.1 Å². The first-order valence-corrected chi connectivity index (χ1v) is 9.13. The molecule has 27 heavy (non-hydrogen) atoms. The number of aryl methyl sites for hydroxylation is 1. The summed E-state index contributed by atoms with van der Waals surface area (Å²) in [6.45, 7) is 2.73. The van der Waals surface area contributed by atoms with Crippen LogP contribution in [0.5, 0.6) is 0 Å². The van der Waals surface area contributed by atoms with Gasteiger partial charge in [0.05, 0.1) is 16.8 Å². The molecule has 0 fully saturated rings. The van der Waals surface area contributed by atoms with Crippen molar-refractivity contribution in [2.75, 3.05) is 13.7 Å². The van der Waals surface area contributed by atoms with E-state index in [1.807, 2.05) is 31.2 Å². The van der Waals surface area contributed by atoms with Gasteiger partial charge in [-0.25, -0.2) is 4.98 Å². The van der Waals surface area contributed by atoms with Gasteiger partial charge in [0, 0.05) is 24.7 Å². The van der Waals surface area contributed by atoms with Gasteiger partial charge in [-0.1, -0.05) is 30.4 Å². The molecule has 0 N–H and O–H groups in total. The number of pyridine rings is 1. The summed E-state index contributed by atoms with van der Waals surface area (Å²) in [5, 5.41) is 5.36. The Labute approximate surface area is 180 Å². The van der Waals surface area contributed by atoms with Gasteiger partial charge in [0.2, 0.25) is 11.1 Å². The molecule has 3 heterocycles. The topological polar surface area (TPSA) is 80.2 Å². The van der Waals surface area contributed by atoms with E-state index in [1.54, 1.807) is 11.7 Å². The third kappa shape index (κ3) is 3.43. The summed E-state index contributed by atoms with van der Waals surface area (Å²) >= 11 is 1.40. The van der Waals surface area contributed by atoms with Gasteiger partial charge < -0.3 is 19.1 Å². The molecule has 0 aliphatic rings. The average molecular weight is 392 g/mol. The summed E-state index contributed by atoms with van der Waals surface area (Å²) < 4.78 is 8.96. The molecule has 0 atom stereocenters. The predicted molar refractivity (Wildman–Crippen MR) is 102 cm³/mol. The molecule has 0 spiro atoms. The van der Waals surface area contributed by atoms with Gasteiger partial charge in [0.15, 0.2) is 5.13 Å². The largest absolute Gasteiger partial charge is 1.00 e. The summed E-state index contributed by atoms with van der Waals surface area (Å²) in [4.78, 5) is 30.0. The van der Waals surface area contributed by atoms with E-state index in [1.165, 1.54) is 22.1 Å². The van der Waals surface area contributed by atoms with Gasteiger partial charge in [-0.05, 0) is 24.6 Å². The van der Waals surface area contributed by atoms with Crippen LogP contribution < -0.4 is 45.8 Å². The second kappa shape index (κ2) is 8.12. The predicted octanol–water partition coefficient (Wildman–Crippen LogP) is -1.07. The van der Waals surface area contributed by atoms with E-state index in [9.17, 15) is 9.59 Å². The number of thiazole rings is 1. The van der Waals surface area contributed by atoms with Gasteiger partial charge in [-0.15, -0.1) is 5.52 Å². The Morgan fingerprint density at radius 1 is 1.26 bits per heavy atom. The van der Waals surface area contributed by atoms with Crippen LogP contribution in [0, 0.1) is 0 Å². The first kappa shape index (κ1) is 20.0. The summed E-state index contributed by atoms with van der Waals surface area (Å²) in [5.41, 5.74) is 1.48. The second-order valence-corrected chi connectivity index (χ2v) is 6.88. The molecule has 4 rings (SSSR count). The first-order chi connectivity index (χ1) is 12.6. The Morgan fingerprint density at radius 2 is 2.04 bits per heavy atom. The maximum atomic E-state index is 13.0. The minimum atomic E-state index is -0.248. The Morgan fingerprint density at radius 3 is 2.74 bits per heavy atom. The maximum absolute atomic E-state index is 13.0. The zero-order valence-corrected chi connectivity index (χ0v) is 18.2. The standard InChI is InChI=1S/C18H18N4O3S.Na/c1-3-13-16-12(10-15(23)21(13)8-9-25-2)20-22(17(16)24)18-19-11-6-4-5-7-14(11)26-18;/h4-7,10H,3,8-9H2,1-2H3,(H,20,23);/q;+1/p-1. The van der Waals surface area contributed by atoms with Crippen molar-refractivity contribution in [2.24, 2.45) is 0 Å². The second-order valence-electron chi connectivity index (χ2n) is 5.87. The zero-order chi connectivity index (χ0) is 18.3. The molecular formula is C18H17N4NaO3S. The van der Waals surface area contributed by atoms with Crippen LogP contribution in [0.4, 0.5) is 0 Å². The van der Waals surface area contributed by atoms with Gasteiger partial charge in [-0.2, -0.15) is 0 Å².